The van der Waals surface area contributed by atoms with Gasteiger partial charge in [-0.2, -0.15) is 5.26 Å². The van der Waals surface area contributed by atoms with E-state index in [1.54, 1.807) is 6.07 Å². The van der Waals surface area contributed by atoms with Gasteiger partial charge in [0.1, 0.15) is 6.10 Å². The average Bonchev–Trinajstić information content (AvgIpc) is 3.16. The molecule has 0 radical (unpaired) electrons. The summed E-state index contributed by atoms with van der Waals surface area (Å²) in [6.07, 6.45) is -0.854. The molecule has 88 valence electrons. The fourth-order valence-electron chi connectivity index (χ4n) is 2.03. The molecule has 18 heavy (non-hydrogen) atoms. The van der Waals surface area contributed by atoms with Gasteiger partial charge in [-0.3, -0.25) is 0 Å². The van der Waals surface area contributed by atoms with Crippen molar-refractivity contribution < 1.29 is 9.84 Å². The van der Waals surface area contributed by atoms with E-state index in [9.17, 15) is 5.11 Å². The minimum absolute atomic E-state index is 0.190. The third kappa shape index (κ3) is 1.88. The number of hydrogen-bond acceptors (Lipinski definition) is 3. The van der Waals surface area contributed by atoms with Gasteiger partial charge in [0.2, 0.25) is 0 Å². The van der Waals surface area contributed by atoms with Gasteiger partial charge in [0.25, 0.3) is 0 Å². The maximum absolute atomic E-state index is 9.18. The maximum atomic E-state index is 9.18. The quantitative estimate of drug-likeness (QED) is 0.817. The Hall–Kier alpha value is -2.15. The fourth-order valence-corrected chi connectivity index (χ4v) is 2.03. The molecule has 2 aromatic carbocycles. The molecule has 1 aliphatic heterocycles. The zero-order chi connectivity index (χ0) is 12.5. The minimum atomic E-state index is -0.665. The van der Waals surface area contributed by atoms with Gasteiger partial charge in [0.05, 0.1) is 11.6 Å². The Morgan fingerprint density at radius 2 is 1.72 bits per heavy atom. The van der Waals surface area contributed by atoms with Crippen LogP contribution in [0.25, 0.3) is 11.1 Å². The van der Waals surface area contributed by atoms with Gasteiger partial charge in [-0.15, -0.1) is 0 Å². The summed E-state index contributed by atoms with van der Waals surface area (Å²) in [5, 5.41) is 18.2. The molecule has 0 aliphatic carbocycles. The summed E-state index contributed by atoms with van der Waals surface area (Å²) < 4.78 is 5.00. The molecular weight excluding hydrogens is 226 g/mol. The van der Waals surface area contributed by atoms with E-state index in [0.29, 0.717) is 5.56 Å². The van der Waals surface area contributed by atoms with E-state index in [0.717, 1.165) is 16.7 Å². The topological polar surface area (TPSA) is 56.5 Å². The van der Waals surface area contributed by atoms with Crippen LogP contribution in [-0.2, 0) is 4.74 Å². The number of nitriles is 1. The van der Waals surface area contributed by atoms with Crippen LogP contribution in [0.4, 0.5) is 0 Å². The lowest BCUT2D eigenvalue weighted by Gasteiger charge is -2.04. The Balaban J connectivity index is 1.95. The van der Waals surface area contributed by atoms with Gasteiger partial charge < -0.3 is 9.84 Å². The highest BCUT2D eigenvalue weighted by molar-refractivity contribution is 5.70. The van der Waals surface area contributed by atoms with Crippen molar-refractivity contribution in [3.63, 3.8) is 0 Å². The third-order valence-corrected chi connectivity index (χ3v) is 3.07. The monoisotopic (exact) mass is 237 g/mol. The van der Waals surface area contributed by atoms with Crippen LogP contribution in [0.5, 0.6) is 0 Å². The largest absolute Gasteiger partial charge is 0.366 e. The molecule has 1 heterocycles. The summed E-state index contributed by atoms with van der Waals surface area (Å²) in [6, 6.07) is 17.4. The van der Waals surface area contributed by atoms with Gasteiger partial charge in [-0.1, -0.05) is 42.5 Å². The van der Waals surface area contributed by atoms with Gasteiger partial charge in [0.15, 0.2) is 6.29 Å². The van der Waals surface area contributed by atoms with Crippen LogP contribution >= 0.6 is 0 Å². The van der Waals surface area contributed by atoms with E-state index in [1.165, 1.54) is 0 Å². The highest BCUT2D eigenvalue weighted by Gasteiger charge is 2.38. The zero-order valence-corrected chi connectivity index (χ0v) is 9.58. The first kappa shape index (κ1) is 11.0. The number of benzene rings is 2. The molecule has 1 N–H and O–H groups in total. The van der Waals surface area contributed by atoms with Gasteiger partial charge in [0, 0.05) is 0 Å². The van der Waals surface area contributed by atoms with E-state index < -0.39 is 6.29 Å². The standard InChI is InChI=1S/C15H11NO2/c16-9-12-3-1-2-4-13(12)10-5-7-11(8-6-10)14-15(17)18-14/h1-8,14-15,17H. The molecule has 0 amide bonds. The Morgan fingerprint density at radius 3 is 2.33 bits per heavy atom. The molecule has 3 nitrogen and oxygen atoms in total. The molecule has 2 aromatic rings. The van der Waals surface area contributed by atoms with E-state index in [1.807, 2.05) is 42.5 Å². The van der Waals surface area contributed by atoms with Crippen molar-refractivity contribution in [2.75, 3.05) is 0 Å². The second kappa shape index (κ2) is 4.26. The summed E-state index contributed by atoms with van der Waals surface area (Å²) in [4.78, 5) is 0. The van der Waals surface area contributed by atoms with E-state index >= 15 is 0 Å². The highest BCUT2D eigenvalue weighted by atomic mass is 16.7. The van der Waals surface area contributed by atoms with Crippen LogP contribution in [0.2, 0.25) is 0 Å². The molecule has 0 saturated carbocycles. The predicted octanol–water partition coefficient (Wildman–Crippen LogP) is 2.61. The summed E-state index contributed by atoms with van der Waals surface area (Å²) in [5.74, 6) is 0. The third-order valence-electron chi connectivity index (χ3n) is 3.07. The summed E-state index contributed by atoms with van der Waals surface area (Å²) in [6.45, 7) is 0. The van der Waals surface area contributed by atoms with Crippen LogP contribution in [0.15, 0.2) is 48.5 Å². The minimum Gasteiger partial charge on any atom is -0.366 e. The molecule has 3 heteroatoms. The Bertz CT molecular complexity index is 613. The zero-order valence-electron chi connectivity index (χ0n) is 9.58. The first-order chi connectivity index (χ1) is 8.79. The van der Waals surface area contributed by atoms with E-state index in [4.69, 9.17) is 10.00 Å². The fraction of sp³-hybridized carbons (Fsp3) is 0.133. The lowest BCUT2D eigenvalue weighted by atomic mass is 9.99. The molecule has 0 bridgehead atoms. The molecular formula is C15H11NO2. The number of ether oxygens (including phenoxy) is 1. The van der Waals surface area contributed by atoms with Crippen LogP contribution in [0, 0.1) is 11.3 Å². The molecule has 3 rings (SSSR count). The van der Waals surface area contributed by atoms with Crippen LogP contribution in [0.1, 0.15) is 17.2 Å². The number of aliphatic hydroxyl groups excluding tert-OH is 1. The van der Waals surface area contributed by atoms with Crippen molar-refractivity contribution in [3.05, 3.63) is 59.7 Å². The average molecular weight is 237 g/mol. The Labute approximate surface area is 105 Å². The molecule has 0 spiro atoms. The normalized spacial score (nSPS) is 21.3. The number of rotatable bonds is 2. The smallest absolute Gasteiger partial charge is 0.186 e. The number of epoxide rings is 1. The van der Waals surface area contributed by atoms with Crippen molar-refractivity contribution in [2.45, 2.75) is 12.4 Å². The van der Waals surface area contributed by atoms with Crippen LogP contribution in [-0.4, -0.2) is 11.4 Å². The van der Waals surface area contributed by atoms with Crippen molar-refractivity contribution >= 4 is 0 Å². The number of aliphatic hydroxyl groups is 1. The summed E-state index contributed by atoms with van der Waals surface area (Å²) >= 11 is 0. The van der Waals surface area contributed by atoms with Gasteiger partial charge in [-0.25, -0.2) is 0 Å². The summed E-state index contributed by atoms with van der Waals surface area (Å²) in [7, 11) is 0. The molecule has 1 saturated heterocycles. The molecule has 1 aliphatic rings. The first-order valence-corrected chi connectivity index (χ1v) is 5.72. The molecule has 2 atom stereocenters. The number of nitrogens with zero attached hydrogens (tertiary/aromatic N) is 1. The van der Waals surface area contributed by atoms with Crippen LogP contribution in [0.3, 0.4) is 0 Å². The van der Waals surface area contributed by atoms with Crippen LogP contribution < -0.4 is 0 Å². The lowest BCUT2D eigenvalue weighted by molar-refractivity contribution is 0.156. The predicted molar refractivity (Wildman–Crippen MR) is 66.4 cm³/mol. The maximum Gasteiger partial charge on any atom is 0.186 e. The van der Waals surface area contributed by atoms with Crippen molar-refractivity contribution in [1.29, 1.82) is 5.26 Å². The van der Waals surface area contributed by atoms with Gasteiger partial charge >= 0.3 is 0 Å². The van der Waals surface area contributed by atoms with E-state index in [-0.39, 0.29) is 6.10 Å². The molecule has 2 unspecified atom stereocenters. The SMILES string of the molecule is N#Cc1ccccc1-c1ccc(C2OC2O)cc1. The number of hydrogen-bond donors (Lipinski definition) is 1. The first-order valence-electron chi connectivity index (χ1n) is 5.72. The molecule has 0 aromatic heterocycles. The Kier molecular flexibility index (Phi) is 2.60. The summed E-state index contributed by atoms with van der Waals surface area (Å²) in [5.41, 5.74) is 3.53. The second-order valence-corrected chi connectivity index (χ2v) is 4.23. The van der Waals surface area contributed by atoms with Crippen molar-refractivity contribution in [2.24, 2.45) is 0 Å². The lowest BCUT2D eigenvalue weighted by Crippen LogP contribution is -1.87. The Morgan fingerprint density at radius 1 is 1.06 bits per heavy atom. The van der Waals surface area contributed by atoms with E-state index in [2.05, 4.69) is 6.07 Å². The van der Waals surface area contributed by atoms with Gasteiger partial charge in [-0.05, 0) is 22.8 Å². The molecule has 1 fully saturated rings. The van der Waals surface area contributed by atoms with Crippen molar-refractivity contribution in [1.82, 2.24) is 0 Å². The highest BCUT2D eigenvalue weighted by Crippen LogP contribution is 2.37. The second-order valence-electron chi connectivity index (χ2n) is 4.23. The van der Waals surface area contributed by atoms with Crippen molar-refractivity contribution in [3.8, 4) is 17.2 Å².